The van der Waals surface area contributed by atoms with E-state index in [2.05, 4.69) is 4.74 Å². The van der Waals surface area contributed by atoms with Crippen molar-refractivity contribution in [1.82, 2.24) is 0 Å². The van der Waals surface area contributed by atoms with Gasteiger partial charge in [-0.05, 0) is 34.8 Å². The van der Waals surface area contributed by atoms with Crippen molar-refractivity contribution in [3.63, 3.8) is 0 Å². The van der Waals surface area contributed by atoms with Gasteiger partial charge in [0.1, 0.15) is 0 Å². The van der Waals surface area contributed by atoms with Crippen LogP contribution >= 0.6 is 34.8 Å². The summed E-state index contributed by atoms with van der Waals surface area (Å²) in [7, 11) is 0. The number of hydrogen-bond acceptors (Lipinski definition) is 2. The summed E-state index contributed by atoms with van der Waals surface area (Å²) in [5.74, 6) is 0. The van der Waals surface area contributed by atoms with Crippen molar-refractivity contribution in [3.8, 4) is 0 Å². The topological polar surface area (TPSA) is 46.2 Å². The Hall–Kier alpha value is 0.140. The first-order valence-corrected chi connectivity index (χ1v) is 2.52. The Labute approximate surface area is 60.1 Å². The lowest BCUT2D eigenvalue weighted by Gasteiger charge is -2.05. The molecule has 0 heterocycles. The molecule has 0 unspecified atom stereocenters. The second kappa shape index (κ2) is 2.62. The molecule has 8 heavy (non-hydrogen) atoms. The van der Waals surface area contributed by atoms with Crippen LogP contribution in [0.15, 0.2) is 0 Å². The fourth-order valence-electron chi connectivity index (χ4n) is 0.0945. The van der Waals surface area contributed by atoms with E-state index in [-0.39, 0.29) is 0 Å². The van der Waals surface area contributed by atoms with Crippen LogP contribution < -0.4 is 0 Å². The van der Waals surface area contributed by atoms with Gasteiger partial charge in [0, 0.05) is 0 Å². The molecule has 0 aromatic heterocycles. The summed E-state index contributed by atoms with van der Waals surface area (Å²) < 4.78 is 1.32. The van der Waals surface area contributed by atoms with Gasteiger partial charge < -0.3 is 4.74 Å². The minimum atomic E-state index is -2.22. The van der Waals surface area contributed by atoms with Gasteiger partial charge in [0.25, 0.3) is 0 Å². The van der Waals surface area contributed by atoms with Gasteiger partial charge >= 0.3 is 10.1 Å². The SMILES string of the molecule is [O]C(=O)OC(Cl)(Cl)Cl. The normalized spacial score (nSPS) is 10.9. The number of rotatable bonds is 0. The van der Waals surface area contributed by atoms with Crippen LogP contribution in [0.25, 0.3) is 0 Å². The molecule has 0 aromatic rings. The summed E-state index contributed by atoms with van der Waals surface area (Å²) >= 11 is 14.4. The minimum absolute atomic E-state index is 1.87. The molecule has 0 aliphatic rings. The standard InChI is InChI=1S/C2Cl3O3/c3-2(4,5)8-1(6)7. The number of halogens is 3. The van der Waals surface area contributed by atoms with E-state index in [1.54, 1.807) is 0 Å². The number of alkyl halides is 3. The third-order valence-electron chi connectivity index (χ3n) is 0.199. The lowest BCUT2D eigenvalue weighted by atomic mass is 11.3. The molecule has 0 atom stereocenters. The zero-order valence-corrected chi connectivity index (χ0v) is 5.63. The maximum Gasteiger partial charge on any atom is 0.553 e. The van der Waals surface area contributed by atoms with Gasteiger partial charge in [-0.15, -0.1) is 0 Å². The van der Waals surface area contributed by atoms with Gasteiger partial charge in [0.05, 0.1) is 0 Å². The van der Waals surface area contributed by atoms with E-state index in [1.807, 2.05) is 0 Å². The molecule has 0 spiro atoms. The Kier molecular flexibility index (Phi) is 2.66. The average Bonchev–Trinajstić information content (AvgIpc) is 1.21. The van der Waals surface area contributed by atoms with Gasteiger partial charge in [-0.1, -0.05) is 0 Å². The minimum Gasteiger partial charge on any atom is -0.380 e. The van der Waals surface area contributed by atoms with E-state index in [1.165, 1.54) is 0 Å². The number of ether oxygens (including phenoxy) is 1. The van der Waals surface area contributed by atoms with Crippen LogP contribution in [-0.4, -0.2) is 10.1 Å². The van der Waals surface area contributed by atoms with Crippen LogP contribution in [0, 0.1) is 0 Å². The van der Waals surface area contributed by atoms with E-state index < -0.39 is 10.1 Å². The van der Waals surface area contributed by atoms with Crippen molar-refractivity contribution in [2.45, 2.75) is 3.98 Å². The first kappa shape index (κ1) is 8.14. The van der Waals surface area contributed by atoms with Crippen molar-refractivity contribution in [2.75, 3.05) is 0 Å². The highest BCUT2D eigenvalue weighted by Gasteiger charge is 2.25. The molecule has 0 rings (SSSR count). The molecule has 0 aliphatic heterocycles. The maximum atomic E-state index is 9.43. The van der Waals surface area contributed by atoms with Crippen molar-refractivity contribution in [1.29, 1.82) is 0 Å². The van der Waals surface area contributed by atoms with Gasteiger partial charge in [-0.2, -0.15) is 9.90 Å². The summed E-state index contributed by atoms with van der Waals surface area (Å²) in [5, 5.41) is 9.43. The van der Waals surface area contributed by atoms with Gasteiger partial charge in [0.15, 0.2) is 0 Å². The zero-order chi connectivity index (χ0) is 6.78. The van der Waals surface area contributed by atoms with Crippen LogP contribution in [-0.2, 0) is 9.84 Å². The highest BCUT2D eigenvalue weighted by atomic mass is 35.6. The Morgan fingerprint density at radius 3 is 1.75 bits per heavy atom. The van der Waals surface area contributed by atoms with Crippen molar-refractivity contribution in [3.05, 3.63) is 0 Å². The maximum absolute atomic E-state index is 9.43. The quantitative estimate of drug-likeness (QED) is 0.420. The molecule has 6 heteroatoms. The first-order chi connectivity index (χ1) is 3.42. The smallest absolute Gasteiger partial charge is 0.380 e. The Balaban J connectivity index is 3.55. The van der Waals surface area contributed by atoms with Crippen molar-refractivity contribution >= 4 is 41.0 Å². The molecule has 0 saturated carbocycles. The summed E-state index contributed by atoms with van der Waals surface area (Å²) in [6, 6.07) is 0. The molecule has 1 radical (unpaired) electrons. The molecule has 0 fully saturated rings. The van der Waals surface area contributed by atoms with Gasteiger partial charge in [-0.25, -0.2) is 0 Å². The molecule has 0 bridgehead atoms. The van der Waals surface area contributed by atoms with E-state index in [0.29, 0.717) is 0 Å². The van der Waals surface area contributed by atoms with Crippen LogP contribution in [0.3, 0.4) is 0 Å². The molecule has 0 amide bonds. The van der Waals surface area contributed by atoms with Gasteiger partial charge in [0.2, 0.25) is 0 Å². The van der Waals surface area contributed by atoms with Crippen LogP contribution in [0.2, 0.25) is 0 Å². The van der Waals surface area contributed by atoms with Gasteiger partial charge in [-0.3, -0.25) is 0 Å². The molecule has 0 aliphatic carbocycles. The number of carbonyl (C=O) groups excluding carboxylic acids is 1. The molecule has 47 valence electrons. The van der Waals surface area contributed by atoms with E-state index >= 15 is 0 Å². The highest BCUT2D eigenvalue weighted by molar-refractivity contribution is 6.66. The monoisotopic (exact) mass is 177 g/mol. The second-order valence-corrected chi connectivity index (χ2v) is 2.97. The molecule has 0 saturated heterocycles. The third kappa shape index (κ3) is 6.14. The molecular weight excluding hydrogens is 178 g/mol. The van der Waals surface area contributed by atoms with Crippen molar-refractivity contribution in [2.24, 2.45) is 0 Å². The fraction of sp³-hybridized carbons (Fsp3) is 0.500. The summed E-state index contributed by atoms with van der Waals surface area (Å²) in [6.45, 7) is 0. The Morgan fingerprint density at radius 1 is 1.38 bits per heavy atom. The summed E-state index contributed by atoms with van der Waals surface area (Å²) in [4.78, 5) is 9.43. The van der Waals surface area contributed by atoms with Crippen LogP contribution in [0.4, 0.5) is 4.79 Å². The molecule has 3 nitrogen and oxygen atoms in total. The predicted octanol–water partition coefficient (Wildman–Crippen LogP) is 1.88. The highest BCUT2D eigenvalue weighted by Crippen LogP contribution is 2.27. The first-order valence-electron chi connectivity index (χ1n) is 1.38. The van der Waals surface area contributed by atoms with Crippen LogP contribution in [0.1, 0.15) is 0 Å². The largest absolute Gasteiger partial charge is 0.553 e. The Bertz CT molecular complexity index is 95.2. The number of hydrogen-bond donors (Lipinski definition) is 0. The van der Waals surface area contributed by atoms with E-state index in [0.717, 1.165) is 0 Å². The molecular formula is C2Cl3O3. The molecule has 0 N–H and O–H groups in total. The lowest BCUT2D eigenvalue weighted by Crippen LogP contribution is -2.12. The van der Waals surface area contributed by atoms with E-state index in [4.69, 9.17) is 34.8 Å². The number of carbonyl (C=O) groups is 1. The van der Waals surface area contributed by atoms with Crippen molar-refractivity contribution < 1.29 is 14.6 Å². The predicted molar refractivity (Wildman–Crippen MR) is 27.5 cm³/mol. The zero-order valence-electron chi connectivity index (χ0n) is 3.36. The Morgan fingerprint density at radius 2 is 1.75 bits per heavy atom. The second-order valence-electron chi connectivity index (χ2n) is 0.798. The fourth-order valence-corrected chi connectivity index (χ4v) is 0.283. The lowest BCUT2D eigenvalue weighted by molar-refractivity contribution is 0.0655. The van der Waals surface area contributed by atoms with E-state index in [9.17, 15) is 9.90 Å². The average molecular weight is 178 g/mol. The summed E-state index contributed by atoms with van der Waals surface area (Å²) in [6.07, 6.45) is -1.87. The summed E-state index contributed by atoms with van der Waals surface area (Å²) in [5.41, 5.74) is 0. The van der Waals surface area contributed by atoms with Crippen LogP contribution in [0.5, 0.6) is 0 Å². The molecule has 0 aromatic carbocycles. The third-order valence-corrected chi connectivity index (χ3v) is 0.431.